The summed E-state index contributed by atoms with van der Waals surface area (Å²) in [4.78, 5) is 13.2. The summed E-state index contributed by atoms with van der Waals surface area (Å²) >= 11 is 0. The van der Waals surface area contributed by atoms with Crippen molar-refractivity contribution < 1.29 is 21.4 Å². The van der Waals surface area contributed by atoms with E-state index in [4.69, 9.17) is 12.2 Å². The molecule has 0 N–H and O–H groups in total. The summed E-state index contributed by atoms with van der Waals surface area (Å²) < 4.78 is 39.5. The first-order chi connectivity index (χ1) is 10.1. The van der Waals surface area contributed by atoms with Crippen LogP contribution in [0.5, 0.6) is 0 Å². The van der Waals surface area contributed by atoms with Crippen molar-refractivity contribution in [3.63, 3.8) is 0 Å². The monoisotopic (exact) mass is 283 g/mol. The van der Waals surface area contributed by atoms with Gasteiger partial charge in [0.15, 0.2) is 0 Å². The molecule has 2 rings (SSSR count). The van der Waals surface area contributed by atoms with E-state index in [1.807, 2.05) is 0 Å². The van der Waals surface area contributed by atoms with Gasteiger partial charge >= 0.3 is 6.09 Å². The van der Waals surface area contributed by atoms with Gasteiger partial charge < -0.3 is 14.4 Å². The van der Waals surface area contributed by atoms with Crippen molar-refractivity contribution in [2.45, 2.75) is 32.5 Å². The van der Waals surface area contributed by atoms with Gasteiger partial charge in [-0.1, -0.05) is 12.1 Å². The SMILES string of the molecule is [2H]C1([2H])COC(c2ccc(F)cc2)CN1C(=O)OC(C)(C)C. The van der Waals surface area contributed by atoms with Crippen LogP contribution in [-0.2, 0) is 9.47 Å². The number of halogens is 1. The minimum absolute atomic E-state index is 0.00749. The van der Waals surface area contributed by atoms with Crippen molar-refractivity contribution in [2.24, 2.45) is 0 Å². The van der Waals surface area contributed by atoms with Gasteiger partial charge in [0.05, 0.1) is 15.9 Å². The molecule has 1 aliphatic rings. The summed E-state index contributed by atoms with van der Waals surface area (Å²) in [6, 6.07) is 5.74. The number of carbonyl (C=O) groups excluding carboxylic acids is 1. The second kappa shape index (κ2) is 5.79. The largest absolute Gasteiger partial charge is 0.444 e. The first-order valence-electron chi connectivity index (χ1n) is 7.46. The van der Waals surface area contributed by atoms with E-state index in [0.29, 0.717) is 5.56 Å². The third-order valence-electron chi connectivity index (χ3n) is 2.74. The zero-order chi connectivity index (χ0) is 16.5. The minimum atomic E-state index is -1.95. The summed E-state index contributed by atoms with van der Waals surface area (Å²) in [5.74, 6) is -0.362. The third-order valence-corrected chi connectivity index (χ3v) is 2.74. The van der Waals surface area contributed by atoms with E-state index in [1.54, 1.807) is 32.9 Å². The Balaban J connectivity index is 2.16. The van der Waals surface area contributed by atoms with E-state index in [1.165, 1.54) is 12.1 Å². The summed E-state index contributed by atoms with van der Waals surface area (Å²) in [6.45, 7) is 2.95. The molecular weight excluding hydrogens is 261 g/mol. The molecule has 5 heteroatoms. The van der Waals surface area contributed by atoms with Crippen molar-refractivity contribution in [1.29, 1.82) is 0 Å². The number of amides is 1. The average Bonchev–Trinajstić information content (AvgIpc) is 2.37. The Labute approximate surface area is 121 Å². The van der Waals surface area contributed by atoms with Crippen LogP contribution >= 0.6 is 0 Å². The first kappa shape index (κ1) is 12.1. The molecule has 1 aromatic rings. The van der Waals surface area contributed by atoms with Crippen LogP contribution in [0.3, 0.4) is 0 Å². The van der Waals surface area contributed by atoms with Crippen molar-refractivity contribution in [1.82, 2.24) is 4.90 Å². The van der Waals surface area contributed by atoms with Crippen molar-refractivity contribution >= 4 is 6.09 Å². The normalized spacial score (nSPS) is 23.8. The molecule has 1 atom stereocenters. The smallest absolute Gasteiger partial charge is 0.410 e. The number of morpholine rings is 1. The highest BCUT2D eigenvalue weighted by molar-refractivity contribution is 5.68. The highest BCUT2D eigenvalue weighted by atomic mass is 19.1. The Bertz CT molecular complexity index is 543. The highest BCUT2D eigenvalue weighted by Crippen LogP contribution is 2.23. The van der Waals surface area contributed by atoms with Crippen molar-refractivity contribution in [3.05, 3.63) is 35.6 Å². The van der Waals surface area contributed by atoms with E-state index in [-0.39, 0.29) is 19.0 Å². The molecule has 20 heavy (non-hydrogen) atoms. The van der Waals surface area contributed by atoms with Gasteiger partial charge in [0.25, 0.3) is 0 Å². The Kier molecular flexibility index (Phi) is 3.52. The Morgan fingerprint density at radius 2 is 2.10 bits per heavy atom. The van der Waals surface area contributed by atoms with Crippen molar-refractivity contribution in [3.8, 4) is 0 Å². The van der Waals surface area contributed by atoms with Gasteiger partial charge in [0.2, 0.25) is 0 Å². The Hall–Kier alpha value is -1.62. The summed E-state index contributed by atoms with van der Waals surface area (Å²) in [6.07, 6.45) is -1.25. The minimum Gasteiger partial charge on any atom is -0.444 e. The predicted molar refractivity (Wildman–Crippen MR) is 72.9 cm³/mol. The van der Waals surface area contributed by atoms with Gasteiger partial charge in [-0.15, -0.1) is 0 Å². The van der Waals surface area contributed by atoms with Gasteiger partial charge in [0.1, 0.15) is 17.5 Å². The van der Waals surface area contributed by atoms with E-state index in [2.05, 4.69) is 0 Å². The zero-order valence-electron chi connectivity index (χ0n) is 13.9. The van der Waals surface area contributed by atoms with E-state index < -0.39 is 24.3 Å². The van der Waals surface area contributed by atoms with Crippen LogP contribution < -0.4 is 0 Å². The zero-order valence-corrected chi connectivity index (χ0v) is 11.9. The standard InChI is InChI=1S/C15H20FNO3/c1-15(2,3)20-14(18)17-8-9-19-13(10-17)11-4-6-12(16)7-5-11/h4-7,13H,8-10H2,1-3H3/i8D2. The fourth-order valence-corrected chi connectivity index (χ4v) is 1.83. The number of benzene rings is 1. The molecule has 0 saturated carbocycles. The summed E-state index contributed by atoms with van der Waals surface area (Å²) in [5.41, 5.74) is -0.0259. The maximum absolute atomic E-state index is 13.0. The maximum atomic E-state index is 13.0. The van der Waals surface area contributed by atoms with Crippen LogP contribution in [0.25, 0.3) is 0 Å². The molecular formula is C15H20FNO3. The maximum Gasteiger partial charge on any atom is 0.410 e. The lowest BCUT2D eigenvalue weighted by Gasteiger charge is -2.34. The summed E-state index contributed by atoms with van der Waals surface area (Å²) in [5, 5.41) is 0. The van der Waals surface area contributed by atoms with E-state index >= 15 is 0 Å². The highest BCUT2D eigenvalue weighted by Gasteiger charge is 2.28. The van der Waals surface area contributed by atoms with Gasteiger partial charge in [-0.05, 0) is 38.5 Å². The molecule has 1 aromatic carbocycles. The molecule has 1 unspecified atom stereocenters. The van der Waals surface area contributed by atoms with Crippen LogP contribution in [0.1, 0.15) is 35.2 Å². The second-order valence-corrected chi connectivity index (χ2v) is 5.60. The molecule has 1 saturated heterocycles. The number of ether oxygens (including phenoxy) is 2. The number of nitrogens with zero attached hydrogens (tertiary/aromatic N) is 1. The molecule has 1 amide bonds. The van der Waals surface area contributed by atoms with Crippen molar-refractivity contribution in [2.75, 3.05) is 19.6 Å². The number of hydrogen-bond acceptors (Lipinski definition) is 3. The number of rotatable bonds is 1. The van der Waals surface area contributed by atoms with Crippen LogP contribution in [0.15, 0.2) is 24.3 Å². The fourth-order valence-electron chi connectivity index (χ4n) is 1.83. The van der Waals surface area contributed by atoms with Gasteiger partial charge in [-0.2, -0.15) is 0 Å². The topological polar surface area (TPSA) is 38.8 Å². The van der Waals surface area contributed by atoms with E-state index in [0.717, 1.165) is 4.90 Å². The molecule has 0 spiro atoms. The van der Waals surface area contributed by atoms with Crippen LogP contribution in [-0.4, -0.2) is 36.2 Å². The predicted octanol–water partition coefficient (Wildman–Crippen LogP) is 3.13. The number of hydrogen-bond donors (Lipinski definition) is 0. The Morgan fingerprint density at radius 3 is 2.70 bits per heavy atom. The third kappa shape index (κ3) is 3.93. The Morgan fingerprint density at radius 1 is 1.45 bits per heavy atom. The second-order valence-electron chi connectivity index (χ2n) is 5.60. The summed E-state index contributed by atoms with van der Waals surface area (Å²) in [7, 11) is 0. The molecule has 0 bridgehead atoms. The molecule has 4 nitrogen and oxygen atoms in total. The first-order valence-corrected chi connectivity index (χ1v) is 6.46. The fraction of sp³-hybridized carbons (Fsp3) is 0.533. The van der Waals surface area contributed by atoms with Crippen LogP contribution in [0.2, 0.25) is 0 Å². The molecule has 1 aliphatic heterocycles. The van der Waals surface area contributed by atoms with E-state index in [9.17, 15) is 9.18 Å². The van der Waals surface area contributed by atoms with Gasteiger partial charge in [-0.3, -0.25) is 0 Å². The average molecular weight is 283 g/mol. The lowest BCUT2D eigenvalue weighted by atomic mass is 10.1. The lowest BCUT2D eigenvalue weighted by Crippen LogP contribution is -2.44. The van der Waals surface area contributed by atoms with Gasteiger partial charge in [0, 0.05) is 6.50 Å². The van der Waals surface area contributed by atoms with Crippen LogP contribution in [0, 0.1) is 5.82 Å². The molecule has 0 aromatic heterocycles. The molecule has 0 aliphatic carbocycles. The molecule has 1 fully saturated rings. The lowest BCUT2D eigenvalue weighted by molar-refractivity contribution is -0.0433. The van der Waals surface area contributed by atoms with Crippen LogP contribution in [0.4, 0.5) is 9.18 Å². The molecule has 1 heterocycles. The number of carbonyl (C=O) groups is 1. The molecule has 110 valence electrons. The molecule has 0 radical (unpaired) electrons. The quantitative estimate of drug-likeness (QED) is 0.795. The van der Waals surface area contributed by atoms with Gasteiger partial charge in [-0.25, -0.2) is 9.18 Å².